The molecule has 4 fully saturated rings. The first kappa shape index (κ1) is 19.2. The van der Waals surface area contributed by atoms with E-state index < -0.39 is 0 Å². The highest BCUT2D eigenvalue weighted by molar-refractivity contribution is 5.94. The first-order valence-electron chi connectivity index (χ1n) is 11.4. The first-order valence-corrected chi connectivity index (χ1v) is 11.4. The molecule has 4 aliphatic rings. The third-order valence-electron chi connectivity index (χ3n) is 7.43. The number of piperidine rings is 1. The standard InChI is InChI=1S/C23H34N4O2/c1-25-14-15-27(22(25)28)21-6-4-20(5-7-21)26-12-8-18(9-13-26)24-19-16-23(29-17-19)10-2-3-11-23/h4-7,18-19,24H,2-3,8-17H2,1H3. The smallest absolute Gasteiger partial charge is 0.324 e. The number of hydrogen-bond donors (Lipinski definition) is 1. The van der Waals surface area contributed by atoms with Crippen molar-refractivity contribution in [2.45, 2.75) is 62.6 Å². The Kier molecular flexibility index (Phi) is 5.16. The summed E-state index contributed by atoms with van der Waals surface area (Å²) in [5.41, 5.74) is 2.48. The van der Waals surface area contributed by atoms with Crippen molar-refractivity contribution < 1.29 is 9.53 Å². The lowest BCUT2D eigenvalue weighted by Gasteiger charge is -2.35. The Morgan fingerprint density at radius 3 is 2.31 bits per heavy atom. The van der Waals surface area contributed by atoms with E-state index in [-0.39, 0.29) is 11.6 Å². The predicted octanol–water partition coefficient (Wildman–Crippen LogP) is 3.22. The fraction of sp³-hybridized carbons (Fsp3) is 0.696. The number of nitrogens with zero attached hydrogens (tertiary/aromatic N) is 3. The van der Waals surface area contributed by atoms with Gasteiger partial charge in [0.25, 0.3) is 0 Å². The summed E-state index contributed by atoms with van der Waals surface area (Å²) in [7, 11) is 1.86. The maximum atomic E-state index is 12.2. The second-order valence-electron chi connectivity index (χ2n) is 9.40. The zero-order valence-electron chi connectivity index (χ0n) is 17.6. The molecule has 1 saturated carbocycles. The second-order valence-corrected chi connectivity index (χ2v) is 9.40. The van der Waals surface area contributed by atoms with Crippen LogP contribution in [-0.2, 0) is 4.74 Å². The number of benzene rings is 1. The van der Waals surface area contributed by atoms with E-state index in [1.807, 2.05) is 11.9 Å². The molecule has 1 unspecified atom stereocenters. The number of rotatable bonds is 4. The number of carbonyl (C=O) groups excluding carboxylic acids is 1. The van der Waals surface area contributed by atoms with Crippen molar-refractivity contribution in [2.75, 3.05) is 49.6 Å². The molecule has 3 heterocycles. The zero-order chi connectivity index (χ0) is 19.8. The van der Waals surface area contributed by atoms with Gasteiger partial charge in [0.05, 0.1) is 12.2 Å². The second kappa shape index (κ2) is 7.80. The number of amides is 2. The fourth-order valence-electron chi connectivity index (χ4n) is 5.69. The summed E-state index contributed by atoms with van der Waals surface area (Å²) in [5, 5.41) is 3.90. The molecule has 5 rings (SSSR count). The van der Waals surface area contributed by atoms with Gasteiger partial charge in [0.15, 0.2) is 0 Å². The molecule has 1 aliphatic carbocycles. The van der Waals surface area contributed by atoms with Crippen molar-refractivity contribution in [3.05, 3.63) is 24.3 Å². The minimum absolute atomic E-state index is 0.0971. The number of urea groups is 1. The number of likely N-dealkylation sites (N-methyl/N-ethyl adjacent to an activating group) is 1. The summed E-state index contributed by atoms with van der Waals surface area (Å²) >= 11 is 0. The molecule has 1 aromatic rings. The molecule has 3 aliphatic heterocycles. The van der Waals surface area contributed by atoms with E-state index in [9.17, 15) is 4.79 Å². The molecule has 1 N–H and O–H groups in total. The highest BCUT2D eigenvalue weighted by Gasteiger charge is 2.42. The average Bonchev–Trinajstić information content (AvgIpc) is 3.46. The molecular formula is C23H34N4O2. The van der Waals surface area contributed by atoms with Crippen molar-refractivity contribution >= 4 is 17.4 Å². The largest absolute Gasteiger partial charge is 0.373 e. The van der Waals surface area contributed by atoms with Crippen LogP contribution in [0.15, 0.2) is 24.3 Å². The normalized spacial score (nSPS) is 27.6. The minimum Gasteiger partial charge on any atom is -0.373 e. The summed E-state index contributed by atoms with van der Waals surface area (Å²) in [6.07, 6.45) is 8.78. The lowest BCUT2D eigenvalue weighted by molar-refractivity contribution is 0.00978. The third-order valence-corrected chi connectivity index (χ3v) is 7.43. The van der Waals surface area contributed by atoms with Gasteiger partial charge in [0, 0.05) is 56.7 Å². The molecule has 1 atom stereocenters. The van der Waals surface area contributed by atoms with E-state index >= 15 is 0 Å². The van der Waals surface area contributed by atoms with Gasteiger partial charge in [0.1, 0.15) is 0 Å². The van der Waals surface area contributed by atoms with Gasteiger partial charge in [-0.1, -0.05) is 12.8 Å². The molecule has 3 saturated heterocycles. The van der Waals surface area contributed by atoms with E-state index in [2.05, 4.69) is 34.5 Å². The van der Waals surface area contributed by atoms with Gasteiger partial charge in [-0.05, 0) is 56.4 Å². The Balaban J connectivity index is 1.12. The van der Waals surface area contributed by atoms with E-state index in [1.54, 1.807) is 4.90 Å². The van der Waals surface area contributed by atoms with Gasteiger partial charge in [-0.15, -0.1) is 0 Å². The van der Waals surface area contributed by atoms with Crippen LogP contribution < -0.4 is 15.1 Å². The van der Waals surface area contributed by atoms with Crippen LogP contribution in [0.1, 0.15) is 44.9 Å². The Labute approximate surface area is 174 Å². The zero-order valence-corrected chi connectivity index (χ0v) is 17.6. The Morgan fingerprint density at radius 2 is 1.66 bits per heavy atom. The Morgan fingerprint density at radius 1 is 0.966 bits per heavy atom. The SMILES string of the molecule is CN1CCN(c2ccc(N3CCC(NC4COC5(CCCC5)C4)CC3)cc2)C1=O. The van der Waals surface area contributed by atoms with Crippen LogP contribution in [0.2, 0.25) is 0 Å². The molecule has 1 spiro atoms. The number of ether oxygens (including phenoxy) is 1. The van der Waals surface area contributed by atoms with Crippen molar-refractivity contribution in [3.63, 3.8) is 0 Å². The highest BCUT2D eigenvalue weighted by atomic mass is 16.5. The molecule has 2 amide bonds. The summed E-state index contributed by atoms with van der Waals surface area (Å²) in [6.45, 7) is 4.64. The summed E-state index contributed by atoms with van der Waals surface area (Å²) < 4.78 is 6.21. The van der Waals surface area contributed by atoms with Crippen molar-refractivity contribution in [1.29, 1.82) is 0 Å². The van der Waals surface area contributed by atoms with Crippen LogP contribution in [0.25, 0.3) is 0 Å². The van der Waals surface area contributed by atoms with E-state index in [4.69, 9.17) is 4.74 Å². The van der Waals surface area contributed by atoms with Gasteiger partial charge < -0.3 is 19.9 Å². The topological polar surface area (TPSA) is 48.0 Å². The summed E-state index contributed by atoms with van der Waals surface area (Å²) in [5.74, 6) is 0. The Bertz CT molecular complexity index is 723. The van der Waals surface area contributed by atoms with Crippen LogP contribution in [-0.4, -0.2) is 68.4 Å². The highest BCUT2D eigenvalue weighted by Crippen LogP contribution is 2.41. The first-order chi connectivity index (χ1) is 14.1. The monoisotopic (exact) mass is 398 g/mol. The number of hydrogen-bond acceptors (Lipinski definition) is 4. The van der Waals surface area contributed by atoms with Crippen molar-refractivity contribution in [3.8, 4) is 0 Å². The quantitative estimate of drug-likeness (QED) is 0.846. The molecule has 0 bridgehead atoms. The molecule has 1 aromatic carbocycles. The predicted molar refractivity (Wildman–Crippen MR) is 116 cm³/mol. The molecule has 0 radical (unpaired) electrons. The van der Waals surface area contributed by atoms with Crippen LogP contribution in [0.5, 0.6) is 0 Å². The van der Waals surface area contributed by atoms with Crippen LogP contribution in [0.4, 0.5) is 16.2 Å². The van der Waals surface area contributed by atoms with Crippen LogP contribution >= 0.6 is 0 Å². The summed E-state index contributed by atoms with van der Waals surface area (Å²) in [4.78, 5) is 18.3. The molecule has 29 heavy (non-hydrogen) atoms. The summed E-state index contributed by atoms with van der Waals surface area (Å²) in [6, 6.07) is 9.77. The van der Waals surface area contributed by atoms with E-state index in [0.717, 1.165) is 38.5 Å². The molecule has 158 valence electrons. The van der Waals surface area contributed by atoms with Gasteiger partial charge in [-0.2, -0.15) is 0 Å². The number of nitrogens with one attached hydrogen (secondary N) is 1. The van der Waals surface area contributed by atoms with Crippen LogP contribution in [0, 0.1) is 0 Å². The molecule has 0 aromatic heterocycles. The van der Waals surface area contributed by atoms with Gasteiger partial charge in [-0.3, -0.25) is 4.90 Å². The maximum Gasteiger partial charge on any atom is 0.324 e. The lowest BCUT2D eigenvalue weighted by Crippen LogP contribution is -2.46. The van der Waals surface area contributed by atoms with Gasteiger partial charge >= 0.3 is 6.03 Å². The van der Waals surface area contributed by atoms with Crippen molar-refractivity contribution in [1.82, 2.24) is 10.2 Å². The Hall–Kier alpha value is -1.79. The average molecular weight is 399 g/mol. The number of carbonyl (C=O) groups is 1. The maximum absolute atomic E-state index is 12.2. The van der Waals surface area contributed by atoms with E-state index in [1.165, 1.54) is 50.6 Å². The van der Waals surface area contributed by atoms with Gasteiger partial charge in [0.2, 0.25) is 0 Å². The van der Waals surface area contributed by atoms with Gasteiger partial charge in [-0.25, -0.2) is 4.79 Å². The molecule has 6 nitrogen and oxygen atoms in total. The third kappa shape index (κ3) is 3.84. The number of anilines is 2. The minimum atomic E-state index is 0.0971. The van der Waals surface area contributed by atoms with Crippen LogP contribution in [0.3, 0.4) is 0 Å². The van der Waals surface area contributed by atoms with Crippen molar-refractivity contribution in [2.24, 2.45) is 0 Å². The molecule has 6 heteroatoms. The lowest BCUT2D eigenvalue weighted by atomic mass is 9.95. The van der Waals surface area contributed by atoms with E-state index in [0.29, 0.717) is 12.1 Å². The fourth-order valence-corrected chi connectivity index (χ4v) is 5.69. The molecular weight excluding hydrogens is 364 g/mol.